The van der Waals surface area contributed by atoms with Crippen LogP contribution in [0, 0.1) is 0 Å². The number of aromatic carboxylic acids is 1. The normalized spacial score (nSPS) is 12.4. The molecule has 3 unspecified atom stereocenters. The quantitative estimate of drug-likeness (QED) is 0.0927. The van der Waals surface area contributed by atoms with Crippen LogP contribution in [-0.4, -0.2) is 137 Å². The molecule has 2 amide bonds. The van der Waals surface area contributed by atoms with E-state index in [2.05, 4.69) is 33.5 Å². The molecule has 0 aromatic heterocycles. The molecule has 48 heavy (non-hydrogen) atoms. The first-order valence-corrected chi connectivity index (χ1v) is 34.4. The van der Waals surface area contributed by atoms with E-state index in [0.717, 1.165) is 4.90 Å². The number of aliphatic carboxylic acids is 4. The molecule has 0 aliphatic heterocycles. The van der Waals surface area contributed by atoms with Crippen LogP contribution in [0.1, 0.15) is 29.6 Å². The van der Waals surface area contributed by atoms with E-state index in [0.29, 0.717) is 11.3 Å². The Morgan fingerprint density at radius 2 is 1.40 bits per heavy atom. The van der Waals surface area contributed by atoms with E-state index < -0.39 is 106 Å². The maximum absolute atomic E-state index is 11.9. The molecule has 0 saturated carbocycles. The zero-order valence-electron chi connectivity index (χ0n) is 27.3. The first-order chi connectivity index (χ1) is 22.2. The summed E-state index contributed by atoms with van der Waals surface area (Å²) in [4.78, 5) is 77.3. The molecule has 272 valence electrons. The van der Waals surface area contributed by atoms with Gasteiger partial charge < -0.3 is 0 Å². The van der Waals surface area contributed by atoms with Crippen LogP contribution in [0.3, 0.4) is 0 Å². The van der Waals surface area contributed by atoms with Gasteiger partial charge in [-0.1, -0.05) is 0 Å². The molecule has 9 N–H and O–H groups in total. The summed E-state index contributed by atoms with van der Waals surface area (Å²) >= 11 is -3.09. The van der Waals surface area contributed by atoms with Gasteiger partial charge in [0.25, 0.3) is 0 Å². The Bertz CT molecular complexity index is 1230. The third-order valence-electron chi connectivity index (χ3n) is 4.94. The fraction of sp³-hybridized carbons (Fsp3) is 0.519. The van der Waals surface area contributed by atoms with Gasteiger partial charge in [0.05, 0.1) is 0 Å². The Hall–Kier alpha value is -1.80. The number of carboxylic acids is 5. The van der Waals surface area contributed by atoms with Crippen molar-refractivity contribution in [1.29, 1.82) is 0 Å². The standard InChI is InChI=1S/C12H22AsN3O6S.C9H11AsO2S.C6H11AsO4S/c1-13(2)23-6-8(11(20)15-5-10(18)19)16-9(17)4-3-7(14)12(21)22;1-10(2)13-8-6-4-3-5-7(8)9(11)12;1-7(2)12-4(6(10)11)3-5(8)9/h7-8H,3-6,14H2,1-2H3,(H,15,20)(H,16,17)(H,18,19)(H,21,22);3-6H,1-2H3,(H,11,12);4H,3H2,1-2H3,(H,8,9)(H,10,11). The van der Waals surface area contributed by atoms with Gasteiger partial charge in [-0.25, -0.2) is 0 Å². The van der Waals surface area contributed by atoms with Gasteiger partial charge in [-0.15, -0.1) is 0 Å². The SMILES string of the molecule is C[As](C)SC(CC(=O)O)C(=O)O.C[As](C)SCC(NC(=O)CCC(N)C(=O)O)C(=O)NCC(=O)O.C[As](C)Sc1ccccc1C(=O)O. The predicted octanol–water partition coefficient (Wildman–Crippen LogP) is 2.48. The molecule has 15 nitrogen and oxygen atoms in total. The third-order valence-corrected chi connectivity index (χ3v) is 19.9. The fourth-order valence-electron chi connectivity index (χ4n) is 2.87. The second-order valence-electron chi connectivity index (χ2n) is 9.87. The minimum atomic E-state index is -1.20. The number of carboxylic acid groups (broad SMARTS) is 5. The average Bonchev–Trinajstić information content (AvgIpc) is 2.96. The van der Waals surface area contributed by atoms with Gasteiger partial charge >= 0.3 is 306 Å². The molecule has 0 aliphatic carbocycles. The fourth-order valence-corrected chi connectivity index (χ4v) is 15.7. The topological polar surface area (TPSA) is 271 Å². The van der Waals surface area contributed by atoms with Gasteiger partial charge in [-0.2, -0.15) is 0 Å². The van der Waals surface area contributed by atoms with Crippen molar-refractivity contribution < 1.29 is 59.1 Å². The molecule has 1 aromatic rings. The van der Waals surface area contributed by atoms with E-state index in [1.165, 1.54) is 10.0 Å². The van der Waals surface area contributed by atoms with Crippen molar-refractivity contribution in [1.82, 2.24) is 10.6 Å². The number of carbonyl (C=O) groups is 7. The summed E-state index contributed by atoms with van der Waals surface area (Å²) in [5.41, 5.74) is 18.2. The van der Waals surface area contributed by atoms with Gasteiger partial charge in [0, 0.05) is 0 Å². The second kappa shape index (κ2) is 27.0. The van der Waals surface area contributed by atoms with Crippen LogP contribution >= 0.6 is 30.1 Å². The number of carbonyl (C=O) groups excluding carboxylic acids is 2. The average molecular weight is 924 g/mol. The molecule has 0 heterocycles. The van der Waals surface area contributed by atoms with Crippen LogP contribution in [-0.2, 0) is 28.8 Å². The van der Waals surface area contributed by atoms with Crippen LogP contribution in [0.5, 0.6) is 0 Å². The van der Waals surface area contributed by atoms with Crippen molar-refractivity contribution in [2.75, 3.05) is 12.3 Å². The molecule has 0 aliphatic rings. The van der Waals surface area contributed by atoms with Crippen molar-refractivity contribution in [2.45, 2.75) is 75.8 Å². The number of hydrogen-bond acceptors (Lipinski definition) is 11. The first kappa shape index (κ1) is 48.3. The molecule has 0 fully saturated rings. The summed E-state index contributed by atoms with van der Waals surface area (Å²) in [5, 5.41) is 47.1. The number of amides is 2. The Morgan fingerprint density at radius 1 is 0.812 bits per heavy atom. The van der Waals surface area contributed by atoms with Crippen LogP contribution in [0.25, 0.3) is 0 Å². The number of hydrogen-bond donors (Lipinski definition) is 8. The van der Waals surface area contributed by atoms with E-state index in [-0.39, 0.29) is 19.3 Å². The van der Waals surface area contributed by atoms with Crippen LogP contribution in [0.2, 0.25) is 34.3 Å². The van der Waals surface area contributed by atoms with Crippen molar-refractivity contribution in [3.8, 4) is 0 Å². The number of nitrogens with one attached hydrogen (secondary N) is 2. The van der Waals surface area contributed by atoms with Crippen LogP contribution < -0.4 is 16.4 Å². The van der Waals surface area contributed by atoms with Gasteiger partial charge in [0.2, 0.25) is 0 Å². The molecule has 0 bridgehead atoms. The van der Waals surface area contributed by atoms with E-state index >= 15 is 0 Å². The van der Waals surface area contributed by atoms with Gasteiger partial charge in [0.15, 0.2) is 0 Å². The summed E-state index contributed by atoms with van der Waals surface area (Å²) in [6, 6.07) is 5.18. The van der Waals surface area contributed by atoms with Crippen molar-refractivity contribution in [2.24, 2.45) is 5.73 Å². The Labute approximate surface area is 303 Å². The van der Waals surface area contributed by atoms with Crippen LogP contribution in [0.15, 0.2) is 29.2 Å². The summed E-state index contributed by atoms with van der Waals surface area (Å²) in [5.74, 6) is -6.02. The van der Waals surface area contributed by atoms with Gasteiger partial charge in [-0.3, -0.25) is 0 Å². The Kier molecular flexibility index (Phi) is 27.2. The zero-order valence-corrected chi connectivity index (χ0v) is 35.4. The van der Waals surface area contributed by atoms with Gasteiger partial charge in [0.1, 0.15) is 0 Å². The van der Waals surface area contributed by atoms with Crippen LogP contribution in [0.4, 0.5) is 0 Å². The molecular weight excluding hydrogens is 879 g/mol. The van der Waals surface area contributed by atoms with Crippen molar-refractivity contribution in [3.63, 3.8) is 0 Å². The monoisotopic (exact) mass is 923 g/mol. The van der Waals surface area contributed by atoms with Crippen molar-refractivity contribution in [3.05, 3.63) is 29.8 Å². The molecule has 3 atom stereocenters. The number of benzene rings is 1. The summed E-state index contributed by atoms with van der Waals surface area (Å²) in [6.45, 7) is -0.528. The van der Waals surface area contributed by atoms with E-state index in [1.54, 1.807) is 32.2 Å². The molecular formula is C27H44As3N3O12S3. The minimum absolute atomic E-state index is 0.0445. The first-order valence-electron chi connectivity index (χ1n) is 13.7. The number of rotatable bonds is 19. The summed E-state index contributed by atoms with van der Waals surface area (Å²) < 4.78 is 0. The molecule has 0 saturated heterocycles. The molecule has 1 aromatic carbocycles. The molecule has 0 radical (unpaired) electrons. The molecule has 0 spiro atoms. The molecule has 21 heteroatoms. The third kappa shape index (κ3) is 26.1. The summed E-state index contributed by atoms with van der Waals surface area (Å²) in [7, 11) is 4.60. The molecule has 1 rings (SSSR count). The second-order valence-corrected chi connectivity index (χ2v) is 37.6. The van der Waals surface area contributed by atoms with Gasteiger partial charge in [-0.05, 0) is 0 Å². The Morgan fingerprint density at radius 3 is 1.83 bits per heavy atom. The number of nitrogens with two attached hydrogens (primary N) is 1. The summed E-state index contributed by atoms with van der Waals surface area (Å²) in [6.07, 6.45) is -0.454. The maximum atomic E-state index is 11.9. The Balaban J connectivity index is 0. The van der Waals surface area contributed by atoms with Crippen molar-refractivity contribution >= 4 is 112 Å². The van der Waals surface area contributed by atoms with E-state index in [4.69, 9.17) is 31.3 Å². The van der Waals surface area contributed by atoms with E-state index in [9.17, 15) is 33.6 Å². The zero-order chi connectivity index (χ0) is 37.6. The predicted molar refractivity (Wildman–Crippen MR) is 193 cm³/mol. The van der Waals surface area contributed by atoms with E-state index in [1.807, 2.05) is 23.6 Å².